The van der Waals surface area contributed by atoms with Crippen LogP contribution in [0.2, 0.25) is 0 Å². The van der Waals surface area contributed by atoms with E-state index in [1.54, 1.807) is 0 Å². The second kappa shape index (κ2) is 13.6. The maximum atomic E-state index is 6.41. The number of benzene rings is 9. The lowest BCUT2D eigenvalue weighted by Gasteiger charge is -2.11. The van der Waals surface area contributed by atoms with Crippen LogP contribution in [-0.4, -0.2) is 15.0 Å². The lowest BCUT2D eigenvalue weighted by molar-refractivity contribution is 0.669. The number of rotatable bonds is 6. The third-order valence-corrected chi connectivity index (χ3v) is 10.9. The molecule has 2 aromatic heterocycles. The molecule has 0 N–H and O–H groups in total. The molecule has 9 aromatic carbocycles. The van der Waals surface area contributed by atoms with E-state index in [0.717, 1.165) is 66.3 Å². The second-order valence-electron chi connectivity index (χ2n) is 14.4. The first-order valence-electron chi connectivity index (χ1n) is 19.2. The van der Waals surface area contributed by atoms with Crippen LogP contribution in [0.15, 0.2) is 205 Å². The monoisotopic (exact) mass is 727 g/mol. The Kier molecular flexibility index (Phi) is 7.78. The summed E-state index contributed by atoms with van der Waals surface area (Å²) in [5, 5.41) is 6.96. The highest BCUT2D eigenvalue weighted by atomic mass is 16.3. The van der Waals surface area contributed by atoms with Gasteiger partial charge in [-0.05, 0) is 85.3 Å². The minimum absolute atomic E-state index is 0.609. The smallest absolute Gasteiger partial charge is 0.164 e. The molecule has 4 heteroatoms. The van der Waals surface area contributed by atoms with Crippen molar-refractivity contribution in [3.63, 3.8) is 0 Å². The molecule has 0 atom stereocenters. The molecule has 0 amide bonds. The second-order valence-corrected chi connectivity index (χ2v) is 14.4. The number of hydrogen-bond acceptors (Lipinski definition) is 4. The summed E-state index contributed by atoms with van der Waals surface area (Å²) in [6.45, 7) is 0. The summed E-state index contributed by atoms with van der Waals surface area (Å²) >= 11 is 0. The molecule has 2 heterocycles. The van der Waals surface area contributed by atoms with Crippen molar-refractivity contribution >= 4 is 43.5 Å². The van der Waals surface area contributed by atoms with Crippen LogP contribution in [0.4, 0.5) is 0 Å². The van der Waals surface area contributed by atoms with Gasteiger partial charge in [0.15, 0.2) is 17.5 Å². The predicted octanol–water partition coefficient (Wildman–Crippen LogP) is 14.1. The van der Waals surface area contributed by atoms with Gasteiger partial charge in [0.05, 0.1) is 0 Å². The quantitative estimate of drug-likeness (QED) is 0.160. The van der Waals surface area contributed by atoms with Crippen LogP contribution in [0.25, 0.3) is 111 Å². The highest BCUT2D eigenvalue weighted by Gasteiger charge is 2.17. The molecule has 0 aliphatic heterocycles. The molecule has 0 radical (unpaired) electrons. The van der Waals surface area contributed by atoms with Gasteiger partial charge in [-0.3, -0.25) is 0 Å². The molecule has 0 fully saturated rings. The van der Waals surface area contributed by atoms with Crippen LogP contribution in [0.1, 0.15) is 0 Å². The molecule has 0 saturated carbocycles. The average molecular weight is 728 g/mol. The summed E-state index contributed by atoms with van der Waals surface area (Å²) in [5.41, 5.74) is 11.2. The largest absolute Gasteiger partial charge is 0.456 e. The summed E-state index contributed by atoms with van der Waals surface area (Å²) in [4.78, 5) is 15.4. The topological polar surface area (TPSA) is 51.8 Å². The van der Waals surface area contributed by atoms with Crippen molar-refractivity contribution in [1.82, 2.24) is 15.0 Å². The van der Waals surface area contributed by atoms with Crippen LogP contribution < -0.4 is 0 Å². The number of hydrogen-bond donors (Lipinski definition) is 0. The minimum atomic E-state index is 0.609. The first kappa shape index (κ1) is 32.7. The van der Waals surface area contributed by atoms with Gasteiger partial charge in [-0.15, -0.1) is 0 Å². The van der Waals surface area contributed by atoms with Gasteiger partial charge in [0.25, 0.3) is 0 Å². The average Bonchev–Trinajstić information content (AvgIpc) is 3.68. The zero-order valence-electron chi connectivity index (χ0n) is 30.8. The van der Waals surface area contributed by atoms with E-state index in [1.165, 1.54) is 27.3 Å². The fraction of sp³-hybridized carbons (Fsp3) is 0. The van der Waals surface area contributed by atoms with Gasteiger partial charge in [-0.1, -0.05) is 170 Å². The zero-order valence-corrected chi connectivity index (χ0v) is 30.8. The SMILES string of the molecule is c1ccc(-c2ccc(-c3nc(-c4cccc(-c5cccc6oc7ccc(-c8ccccc8)cc7c56)c4)nc(-c4ccc5c(ccc6ccccc65)c4)n3)cc2)cc1. The van der Waals surface area contributed by atoms with Gasteiger partial charge in [0.1, 0.15) is 11.2 Å². The summed E-state index contributed by atoms with van der Waals surface area (Å²) in [7, 11) is 0. The number of aromatic nitrogens is 3. The van der Waals surface area contributed by atoms with Crippen molar-refractivity contribution in [2.75, 3.05) is 0 Å². The Bertz CT molecular complexity index is 3280. The van der Waals surface area contributed by atoms with Gasteiger partial charge >= 0.3 is 0 Å². The van der Waals surface area contributed by atoms with E-state index in [9.17, 15) is 0 Å². The number of fused-ring (bicyclic) bond motifs is 6. The van der Waals surface area contributed by atoms with E-state index in [4.69, 9.17) is 19.4 Å². The van der Waals surface area contributed by atoms with Crippen LogP contribution in [0, 0.1) is 0 Å². The molecular formula is C53H33N3O. The van der Waals surface area contributed by atoms with E-state index in [-0.39, 0.29) is 0 Å². The van der Waals surface area contributed by atoms with Crippen molar-refractivity contribution in [3.8, 4) is 67.5 Å². The fourth-order valence-electron chi connectivity index (χ4n) is 8.06. The first-order valence-corrected chi connectivity index (χ1v) is 19.2. The third kappa shape index (κ3) is 5.92. The van der Waals surface area contributed by atoms with Crippen LogP contribution in [0.3, 0.4) is 0 Å². The maximum absolute atomic E-state index is 6.41. The van der Waals surface area contributed by atoms with Gasteiger partial charge < -0.3 is 4.42 Å². The molecule has 0 saturated heterocycles. The lowest BCUT2D eigenvalue weighted by Crippen LogP contribution is -2.00. The van der Waals surface area contributed by atoms with Crippen molar-refractivity contribution < 1.29 is 4.42 Å². The minimum Gasteiger partial charge on any atom is -0.456 e. The molecule has 0 aliphatic carbocycles. The standard InChI is InChI=1S/C53H33N3O/c1-3-11-34(12-4-1)36-21-24-38(25-22-36)51-54-52(56-53(55-51)43-27-29-45-41(32-43)26-23-37-15-7-8-18-44(37)45)42-17-9-16-40(31-42)46-19-10-20-49-50(46)47-33-39(28-30-48(47)57-49)35-13-5-2-6-14-35/h1-33H. The van der Waals surface area contributed by atoms with Crippen LogP contribution in [0.5, 0.6) is 0 Å². The Labute approximate surface area is 329 Å². The number of furan rings is 1. The van der Waals surface area contributed by atoms with Crippen LogP contribution in [-0.2, 0) is 0 Å². The molecule has 0 bridgehead atoms. The van der Waals surface area contributed by atoms with E-state index >= 15 is 0 Å². The molecule has 0 aliphatic rings. The molecule has 4 nitrogen and oxygen atoms in total. The Hall–Kier alpha value is -7.69. The maximum Gasteiger partial charge on any atom is 0.164 e. The van der Waals surface area contributed by atoms with Crippen molar-refractivity contribution in [2.45, 2.75) is 0 Å². The van der Waals surface area contributed by atoms with E-state index in [1.807, 2.05) is 18.2 Å². The molecule has 0 unspecified atom stereocenters. The predicted molar refractivity (Wildman–Crippen MR) is 235 cm³/mol. The van der Waals surface area contributed by atoms with Gasteiger partial charge in [0.2, 0.25) is 0 Å². The Morgan fingerprint density at radius 3 is 1.61 bits per heavy atom. The third-order valence-electron chi connectivity index (χ3n) is 10.9. The zero-order chi connectivity index (χ0) is 37.7. The molecule has 11 aromatic rings. The molecule has 0 spiro atoms. The Morgan fingerprint density at radius 1 is 0.281 bits per heavy atom. The van der Waals surface area contributed by atoms with Gasteiger partial charge in [0, 0.05) is 27.5 Å². The lowest BCUT2D eigenvalue weighted by atomic mass is 9.96. The van der Waals surface area contributed by atoms with Crippen molar-refractivity contribution in [2.24, 2.45) is 0 Å². The summed E-state index contributed by atoms with van der Waals surface area (Å²) in [6.07, 6.45) is 0. The first-order chi connectivity index (χ1) is 28.2. The molecule has 57 heavy (non-hydrogen) atoms. The van der Waals surface area contributed by atoms with Gasteiger partial charge in [-0.2, -0.15) is 0 Å². The van der Waals surface area contributed by atoms with Crippen molar-refractivity contribution in [3.05, 3.63) is 200 Å². The van der Waals surface area contributed by atoms with E-state index in [2.05, 4.69) is 182 Å². The van der Waals surface area contributed by atoms with E-state index < -0.39 is 0 Å². The van der Waals surface area contributed by atoms with Crippen molar-refractivity contribution in [1.29, 1.82) is 0 Å². The summed E-state index contributed by atoms with van der Waals surface area (Å²) in [6, 6.07) is 69.9. The highest BCUT2D eigenvalue weighted by Crippen LogP contribution is 2.40. The van der Waals surface area contributed by atoms with Gasteiger partial charge in [-0.25, -0.2) is 15.0 Å². The number of nitrogens with zero attached hydrogens (tertiary/aromatic N) is 3. The molecule has 266 valence electrons. The Morgan fingerprint density at radius 2 is 0.825 bits per heavy atom. The normalized spacial score (nSPS) is 11.5. The highest BCUT2D eigenvalue weighted by molar-refractivity contribution is 6.13. The van der Waals surface area contributed by atoms with E-state index in [0.29, 0.717) is 17.5 Å². The summed E-state index contributed by atoms with van der Waals surface area (Å²) < 4.78 is 6.41. The molecular weight excluding hydrogens is 695 g/mol. The fourth-order valence-corrected chi connectivity index (χ4v) is 8.06. The Balaban J connectivity index is 1.06. The van der Waals surface area contributed by atoms with Crippen LogP contribution >= 0.6 is 0 Å². The summed E-state index contributed by atoms with van der Waals surface area (Å²) in [5.74, 6) is 1.85. The molecule has 11 rings (SSSR count).